The van der Waals surface area contributed by atoms with E-state index < -0.39 is 29.6 Å². The van der Waals surface area contributed by atoms with Gasteiger partial charge in [-0.3, -0.25) is 4.57 Å². The highest BCUT2D eigenvalue weighted by molar-refractivity contribution is 5.90. The number of β-amino-alcohol motifs (C(OH)–C–C–N with tert-alkyl or cyclic N) is 1. The first kappa shape index (κ1) is 18.5. The van der Waals surface area contributed by atoms with Crippen molar-refractivity contribution in [2.75, 3.05) is 18.0 Å². The van der Waals surface area contributed by atoms with Crippen molar-refractivity contribution in [3.8, 4) is 0 Å². The number of imidazole rings is 1. The average molecular weight is 393 g/mol. The average Bonchev–Trinajstić information content (AvgIpc) is 3.31. The molecule has 2 N–H and O–H groups in total. The van der Waals surface area contributed by atoms with Crippen LogP contribution >= 0.6 is 0 Å². The van der Waals surface area contributed by atoms with Crippen LogP contribution in [-0.2, 0) is 6.18 Å². The van der Waals surface area contributed by atoms with E-state index in [2.05, 4.69) is 15.0 Å². The number of hydrogen-bond acceptors (Lipinski definition) is 5. The summed E-state index contributed by atoms with van der Waals surface area (Å²) in [6.45, 7) is 2.45. The number of benzene rings is 1. The van der Waals surface area contributed by atoms with Gasteiger partial charge in [-0.1, -0.05) is 0 Å². The van der Waals surface area contributed by atoms with Gasteiger partial charge in [-0.05, 0) is 31.5 Å². The number of aliphatic hydroxyl groups is 1. The van der Waals surface area contributed by atoms with Crippen LogP contribution in [0, 0.1) is 0 Å². The minimum atomic E-state index is -4.54. The van der Waals surface area contributed by atoms with Crippen molar-refractivity contribution in [1.29, 1.82) is 0 Å². The number of aliphatic hydroxyl groups excluding tert-OH is 1. The van der Waals surface area contributed by atoms with E-state index in [0.29, 0.717) is 29.9 Å². The lowest BCUT2D eigenvalue weighted by atomic mass is 10.1. The summed E-state index contributed by atoms with van der Waals surface area (Å²) in [5, 5.41) is 10.2. The second-order valence-corrected chi connectivity index (χ2v) is 6.89. The number of alkyl halides is 3. The Morgan fingerprint density at radius 2 is 2.14 bits per heavy atom. The number of aromatic amines is 1. The van der Waals surface area contributed by atoms with E-state index in [9.17, 15) is 23.1 Å². The number of H-pyrrole nitrogens is 1. The number of aromatic nitrogens is 4. The van der Waals surface area contributed by atoms with Crippen LogP contribution in [0.5, 0.6) is 0 Å². The Bertz CT molecular complexity index is 1060. The van der Waals surface area contributed by atoms with Crippen LogP contribution in [0.15, 0.2) is 35.5 Å². The summed E-state index contributed by atoms with van der Waals surface area (Å²) in [6, 6.07) is 2.70. The Balaban J connectivity index is 1.97. The molecule has 0 radical (unpaired) electrons. The fourth-order valence-electron chi connectivity index (χ4n) is 3.59. The van der Waals surface area contributed by atoms with Crippen molar-refractivity contribution >= 4 is 16.7 Å². The molecule has 0 spiro atoms. The molecule has 1 aliphatic heterocycles. The SMILES string of the molecule is CC(c1cnc[nH]1)n1c(=O)nc(N2CCC(O)C2)c2ccc(C(F)(F)F)cc21. The maximum Gasteiger partial charge on any atom is 0.416 e. The van der Waals surface area contributed by atoms with E-state index in [0.717, 1.165) is 12.1 Å². The molecule has 2 atom stereocenters. The Morgan fingerprint density at radius 1 is 1.36 bits per heavy atom. The monoisotopic (exact) mass is 393 g/mol. The molecule has 7 nitrogen and oxygen atoms in total. The van der Waals surface area contributed by atoms with E-state index in [4.69, 9.17) is 0 Å². The van der Waals surface area contributed by atoms with Gasteiger partial charge in [0.05, 0.1) is 41.4 Å². The van der Waals surface area contributed by atoms with Crippen molar-refractivity contribution in [3.63, 3.8) is 0 Å². The van der Waals surface area contributed by atoms with Crippen LogP contribution < -0.4 is 10.6 Å². The normalized spacial score (nSPS) is 18.8. The third-order valence-electron chi connectivity index (χ3n) is 5.05. The number of rotatable bonds is 3. The van der Waals surface area contributed by atoms with Crippen molar-refractivity contribution in [1.82, 2.24) is 19.5 Å². The number of fused-ring (bicyclic) bond motifs is 1. The molecule has 148 valence electrons. The van der Waals surface area contributed by atoms with Crippen molar-refractivity contribution in [2.45, 2.75) is 31.7 Å². The first-order valence-electron chi connectivity index (χ1n) is 8.80. The maximum absolute atomic E-state index is 13.3. The molecule has 0 saturated carbocycles. The predicted octanol–water partition coefficient (Wildman–Crippen LogP) is 2.32. The first-order chi connectivity index (χ1) is 13.3. The van der Waals surface area contributed by atoms with Gasteiger partial charge in [0.25, 0.3) is 0 Å². The summed E-state index contributed by atoms with van der Waals surface area (Å²) in [4.78, 5) is 25.5. The number of anilines is 1. The van der Waals surface area contributed by atoms with E-state index in [-0.39, 0.29) is 12.1 Å². The highest BCUT2D eigenvalue weighted by atomic mass is 19.4. The van der Waals surface area contributed by atoms with Crippen LogP contribution in [0.1, 0.15) is 30.6 Å². The number of hydrogen-bond donors (Lipinski definition) is 2. The maximum atomic E-state index is 13.3. The third kappa shape index (κ3) is 3.13. The molecule has 0 aliphatic carbocycles. The fraction of sp³-hybridized carbons (Fsp3) is 0.389. The third-order valence-corrected chi connectivity index (χ3v) is 5.05. The largest absolute Gasteiger partial charge is 0.416 e. The summed E-state index contributed by atoms with van der Waals surface area (Å²) in [5.41, 5.74) is -0.797. The molecule has 1 fully saturated rings. The molecule has 1 aromatic carbocycles. The Labute approximate surface area is 157 Å². The highest BCUT2D eigenvalue weighted by Gasteiger charge is 2.32. The summed E-state index contributed by atoms with van der Waals surface area (Å²) in [6.07, 6.45) is -1.64. The van der Waals surface area contributed by atoms with Crippen molar-refractivity contribution < 1.29 is 18.3 Å². The Kier molecular flexibility index (Phi) is 4.37. The van der Waals surface area contributed by atoms with Gasteiger partial charge < -0.3 is 15.0 Å². The number of nitrogens with zero attached hydrogens (tertiary/aromatic N) is 4. The summed E-state index contributed by atoms with van der Waals surface area (Å²) in [5.74, 6) is 0.290. The predicted molar refractivity (Wildman–Crippen MR) is 96.2 cm³/mol. The fourth-order valence-corrected chi connectivity index (χ4v) is 3.59. The van der Waals surface area contributed by atoms with Gasteiger partial charge >= 0.3 is 11.9 Å². The van der Waals surface area contributed by atoms with Gasteiger partial charge in [0.2, 0.25) is 0 Å². The van der Waals surface area contributed by atoms with Crippen LogP contribution in [0.3, 0.4) is 0 Å². The minimum absolute atomic E-state index is 0.133. The lowest BCUT2D eigenvalue weighted by molar-refractivity contribution is -0.137. The van der Waals surface area contributed by atoms with E-state index in [1.165, 1.54) is 23.2 Å². The molecule has 2 aromatic heterocycles. The highest BCUT2D eigenvalue weighted by Crippen LogP contribution is 2.35. The van der Waals surface area contributed by atoms with E-state index >= 15 is 0 Å². The Hall–Kier alpha value is -2.88. The van der Waals surface area contributed by atoms with Gasteiger partial charge in [0.15, 0.2) is 0 Å². The molecule has 3 aromatic rings. The topological polar surface area (TPSA) is 87.0 Å². The van der Waals surface area contributed by atoms with Gasteiger partial charge in [-0.15, -0.1) is 0 Å². The van der Waals surface area contributed by atoms with E-state index in [1.54, 1.807) is 11.8 Å². The quantitative estimate of drug-likeness (QED) is 0.713. The second-order valence-electron chi connectivity index (χ2n) is 6.89. The molecule has 1 aliphatic rings. The van der Waals surface area contributed by atoms with Gasteiger partial charge in [-0.25, -0.2) is 9.78 Å². The summed E-state index contributed by atoms with van der Waals surface area (Å²) >= 11 is 0. The van der Waals surface area contributed by atoms with Crippen LogP contribution in [0.25, 0.3) is 10.9 Å². The lowest BCUT2D eigenvalue weighted by Crippen LogP contribution is -2.31. The van der Waals surface area contributed by atoms with Gasteiger partial charge in [-0.2, -0.15) is 18.2 Å². The zero-order valence-corrected chi connectivity index (χ0v) is 14.9. The molecular weight excluding hydrogens is 375 g/mol. The summed E-state index contributed by atoms with van der Waals surface area (Å²) < 4.78 is 41.2. The molecule has 0 bridgehead atoms. The molecule has 3 heterocycles. The molecular formula is C18H18F3N5O2. The first-order valence-corrected chi connectivity index (χ1v) is 8.80. The molecule has 2 unspecified atom stereocenters. The number of nitrogens with one attached hydrogen (secondary N) is 1. The summed E-state index contributed by atoms with van der Waals surface area (Å²) in [7, 11) is 0. The van der Waals surface area contributed by atoms with Crippen LogP contribution in [0.2, 0.25) is 0 Å². The second kappa shape index (κ2) is 6.62. The molecule has 10 heteroatoms. The smallest absolute Gasteiger partial charge is 0.391 e. The van der Waals surface area contributed by atoms with Crippen LogP contribution in [-0.4, -0.2) is 43.8 Å². The molecule has 28 heavy (non-hydrogen) atoms. The van der Waals surface area contributed by atoms with Gasteiger partial charge in [0.1, 0.15) is 5.82 Å². The van der Waals surface area contributed by atoms with Crippen molar-refractivity contribution in [2.24, 2.45) is 0 Å². The zero-order valence-electron chi connectivity index (χ0n) is 14.9. The molecule has 4 rings (SSSR count). The van der Waals surface area contributed by atoms with Gasteiger partial charge in [0, 0.05) is 18.5 Å². The minimum Gasteiger partial charge on any atom is -0.391 e. The number of halogens is 3. The standard InChI is InChI=1S/C18H18F3N5O2/c1-10(14-7-22-9-23-14)26-15-6-11(18(19,20)21)2-3-13(15)16(24-17(26)28)25-5-4-12(27)8-25/h2-3,6-7,9-10,12,27H,4-5,8H2,1H3,(H,22,23). The van der Waals surface area contributed by atoms with Crippen molar-refractivity contribution in [3.05, 3.63) is 52.5 Å². The van der Waals surface area contributed by atoms with E-state index in [1.807, 2.05) is 0 Å². The van der Waals surface area contributed by atoms with Crippen LogP contribution in [0.4, 0.5) is 19.0 Å². The molecule has 1 saturated heterocycles. The Morgan fingerprint density at radius 3 is 2.75 bits per heavy atom. The zero-order chi connectivity index (χ0) is 20.1. The molecule has 0 amide bonds. The lowest BCUT2D eigenvalue weighted by Gasteiger charge is -2.23.